The Morgan fingerprint density at radius 3 is 2.50 bits per heavy atom. The molecule has 0 radical (unpaired) electrons. The molecule has 4 rings (SSSR count). The lowest BCUT2D eigenvalue weighted by Crippen LogP contribution is -2.27. The molecule has 2 heterocycles. The Morgan fingerprint density at radius 1 is 1.10 bits per heavy atom. The Bertz CT molecular complexity index is 1170. The van der Waals surface area contributed by atoms with Gasteiger partial charge in [0.2, 0.25) is 5.95 Å². The van der Waals surface area contributed by atoms with E-state index < -0.39 is 17.3 Å². The zero-order valence-electron chi connectivity index (χ0n) is 16.2. The Morgan fingerprint density at radius 2 is 1.83 bits per heavy atom. The predicted octanol–water partition coefficient (Wildman–Crippen LogP) is 4.59. The zero-order valence-corrected chi connectivity index (χ0v) is 17.0. The number of rotatable bonds is 4. The van der Waals surface area contributed by atoms with Gasteiger partial charge in [-0.25, -0.2) is 14.4 Å². The van der Waals surface area contributed by atoms with E-state index in [2.05, 4.69) is 9.98 Å². The van der Waals surface area contributed by atoms with Crippen molar-refractivity contribution in [2.24, 2.45) is 10.7 Å². The molecular weight excluding hydrogens is 412 g/mol. The van der Waals surface area contributed by atoms with E-state index in [0.29, 0.717) is 27.5 Å². The van der Waals surface area contributed by atoms with Gasteiger partial charge in [0.1, 0.15) is 18.2 Å². The summed E-state index contributed by atoms with van der Waals surface area (Å²) >= 11 is 6.32. The Kier molecular flexibility index (Phi) is 5.07. The van der Waals surface area contributed by atoms with Crippen molar-refractivity contribution >= 4 is 17.6 Å². The SMILES string of the molecule is COc1ccc([C@@]2(c3ccc(F)c(-c4cc(C)cnc4F)c3)COC(N)=N2)cc1Cl. The number of hydrogen-bond donors (Lipinski definition) is 1. The van der Waals surface area contributed by atoms with Crippen molar-refractivity contribution in [3.8, 4) is 16.9 Å². The fraction of sp³-hybridized carbons (Fsp3) is 0.182. The van der Waals surface area contributed by atoms with Crippen LogP contribution < -0.4 is 10.5 Å². The largest absolute Gasteiger partial charge is 0.495 e. The molecule has 1 aliphatic heterocycles. The van der Waals surface area contributed by atoms with E-state index in [-0.39, 0.29) is 23.8 Å². The molecule has 0 saturated heterocycles. The van der Waals surface area contributed by atoms with Gasteiger partial charge in [0.25, 0.3) is 6.02 Å². The molecule has 30 heavy (non-hydrogen) atoms. The first-order valence-electron chi connectivity index (χ1n) is 9.09. The van der Waals surface area contributed by atoms with Gasteiger partial charge in [0.05, 0.1) is 12.1 Å². The Balaban J connectivity index is 1.92. The first-order valence-corrected chi connectivity index (χ1v) is 9.46. The third kappa shape index (κ3) is 3.35. The number of nitrogens with two attached hydrogens (primary N) is 1. The molecule has 0 spiro atoms. The van der Waals surface area contributed by atoms with Gasteiger partial charge in [-0.1, -0.05) is 23.7 Å². The second kappa shape index (κ2) is 7.57. The topological polar surface area (TPSA) is 69.7 Å². The quantitative estimate of drug-likeness (QED) is 0.616. The molecule has 1 aliphatic rings. The number of halogens is 3. The van der Waals surface area contributed by atoms with E-state index in [4.69, 9.17) is 26.8 Å². The molecule has 5 nitrogen and oxygen atoms in total. The average molecular weight is 430 g/mol. The first-order chi connectivity index (χ1) is 14.3. The molecule has 1 atom stereocenters. The van der Waals surface area contributed by atoms with Gasteiger partial charge in [-0.2, -0.15) is 4.39 Å². The number of ether oxygens (including phenoxy) is 2. The number of aromatic nitrogens is 1. The molecule has 0 fully saturated rings. The maximum Gasteiger partial charge on any atom is 0.283 e. The molecule has 154 valence electrons. The van der Waals surface area contributed by atoms with E-state index in [1.807, 2.05) is 0 Å². The number of pyridine rings is 1. The second-order valence-corrected chi connectivity index (χ2v) is 7.40. The number of hydrogen-bond acceptors (Lipinski definition) is 5. The maximum atomic E-state index is 14.7. The highest BCUT2D eigenvalue weighted by atomic mass is 35.5. The second-order valence-electron chi connectivity index (χ2n) is 6.99. The minimum absolute atomic E-state index is 0.00350. The molecule has 8 heteroatoms. The summed E-state index contributed by atoms with van der Waals surface area (Å²) in [7, 11) is 1.52. The molecule has 3 aromatic rings. The lowest BCUT2D eigenvalue weighted by molar-refractivity contribution is 0.278. The lowest BCUT2D eigenvalue weighted by atomic mass is 9.83. The minimum Gasteiger partial charge on any atom is -0.495 e. The van der Waals surface area contributed by atoms with Crippen molar-refractivity contribution in [2.45, 2.75) is 12.5 Å². The summed E-state index contributed by atoms with van der Waals surface area (Å²) in [6.45, 7) is 1.84. The van der Waals surface area contributed by atoms with Crippen LogP contribution in [0.5, 0.6) is 5.75 Å². The van der Waals surface area contributed by atoms with Crippen LogP contribution in [0.1, 0.15) is 16.7 Å². The predicted molar refractivity (Wildman–Crippen MR) is 111 cm³/mol. The van der Waals surface area contributed by atoms with Crippen molar-refractivity contribution in [3.05, 3.63) is 82.1 Å². The molecule has 0 bridgehead atoms. The van der Waals surface area contributed by atoms with Crippen LogP contribution in [-0.4, -0.2) is 24.7 Å². The summed E-state index contributed by atoms with van der Waals surface area (Å²) in [5.41, 5.74) is 6.84. The van der Waals surface area contributed by atoms with Crippen LogP contribution in [0.25, 0.3) is 11.1 Å². The monoisotopic (exact) mass is 429 g/mol. The summed E-state index contributed by atoms with van der Waals surface area (Å²) in [4.78, 5) is 8.21. The lowest BCUT2D eigenvalue weighted by Gasteiger charge is -2.26. The van der Waals surface area contributed by atoms with Crippen LogP contribution in [0.2, 0.25) is 5.02 Å². The molecule has 2 aromatic carbocycles. The summed E-state index contributed by atoms with van der Waals surface area (Å²) < 4.78 is 39.8. The van der Waals surface area contributed by atoms with Gasteiger partial charge in [0, 0.05) is 17.3 Å². The summed E-state index contributed by atoms with van der Waals surface area (Å²) in [6.07, 6.45) is 1.39. The van der Waals surface area contributed by atoms with E-state index in [1.165, 1.54) is 19.4 Å². The van der Waals surface area contributed by atoms with E-state index in [0.717, 1.165) is 0 Å². The molecule has 0 saturated carbocycles. The van der Waals surface area contributed by atoms with Gasteiger partial charge < -0.3 is 15.2 Å². The molecule has 1 aromatic heterocycles. The third-order valence-corrected chi connectivity index (χ3v) is 5.36. The highest BCUT2D eigenvalue weighted by Crippen LogP contribution is 2.42. The van der Waals surface area contributed by atoms with Crippen LogP contribution in [0.4, 0.5) is 8.78 Å². The first kappa shape index (κ1) is 20.1. The van der Waals surface area contributed by atoms with Gasteiger partial charge >= 0.3 is 0 Å². The number of aryl methyl sites for hydroxylation is 1. The summed E-state index contributed by atoms with van der Waals surface area (Å²) in [5.74, 6) is -0.841. The fourth-order valence-corrected chi connectivity index (χ4v) is 3.81. The van der Waals surface area contributed by atoms with Crippen LogP contribution in [0.3, 0.4) is 0 Å². The minimum atomic E-state index is -1.07. The number of benzene rings is 2. The van der Waals surface area contributed by atoms with Gasteiger partial charge in [0.15, 0.2) is 5.54 Å². The Hall–Kier alpha value is -3.19. The van der Waals surface area contributed by atoms with Crippen LogP contribution >= 0.6 is 11.6 Å². The molecule has 0 unspecified atom stereocenters. The summed E-state index contributed by atoms with van der Waals surface area (Å²) in [6, 6.07) is 11.1. The van der Waals surface area contributed by atoms with Crippen molar-refractivity contribution in [1.82, 2.24) is 4.98 Å². The smallest absolute Gasteiger partial charge is 0.283 e. The van der Waals surface area contributed by atoms with Gasteiger partial charge in [-0.15, -0.1) is 0 Å². The molecule has 2 N–H and O–H groups in total. The van der Waals surface area contributed by atoms with Crippen molar-refractivity contribution in [2.75, 3.05) is 13.7 Å². The zero-order chi connectivity index (χ0) is 21.5. The average Bonchev–Trinajstić information content (AvgIpc) is 3.13. The van der Waals surface area contributed by atoms with Gasteiger partial charge in [-0.3, -0.25) is 0 Å². The van der Waals surface area contributed by atoms with E-state index in [9.17, 15) is 8.78 Å². The Labute approximate surface area is 177 Å². The molecule has 0 amide bonds. The van der Waals surface area contributed by atoms with Crippen molar-refractivity contribution < 1.29 is 18.3 Å². The maximum absolute atomic E-state index is 14.7. The highest BCUT2D eigenvalue weighted by molar-refractivity contribution is 6.32. The van der Waals surface area contributed by atoms with Crippen molar-refractivity contribution in [3.63, 3.8) is 0 Å². The van der Waals surface area contributed by atoms with Crippen LogP contribution in [0, 0.1) is 18.7 Å². The highest BCUT2D eigenvalue weighted by Gasteiger charge is 2.41. The number of amidine groups is 1. The van der Waals surface area contributed by atoms with Crippen LogP contribution in [0.15, 0.2) is 53.7 Å². The number of methoxy groups -OCH3 is 1. The molecular formula is C22H18ClF2N3O2. The van der Waals surface area contributed by atoms with E-state index >= 15 is 0 Å². The fourth-order valence-electron chi connectivity index (χ4n) is 3.55. The normalized spacial score (nSPS) is 18.1. The van der Waals surface area contributed by atoms with Gasteiger partial charge in [-0.05, 0) is 53.9 Å². The number of nitrogens with zero attached hydrogens (tertiary/aromatic N) is 2. The number of aliphatic imine (C=N–C) groups is 1. The molecule has 0 aliphatic carbocycles. The van der Waals surface area contributed by atoms with Crippen LogP contribution in [-0.2, 0) is 10.3 Å². The van der Waals surface area contributed by atoms with Crippen molar-refractivity contribution in [1.29, 1.82) is 0 Å². The standard InChI is InChI=1S/C22H18ClF2N3O2/c1-12-7-16(20(25)27-10-12)15-8-13(3-5-18(15)24)22(11-30-21(26)28-22)14-4-6-19(29-2)17(23)9-14/h3-10H,11H2,1-2H3,(H2,26,28)/t22-/m0/s1. The third-order valence-electron chi connectivity index (χ3n) is 5.07. The summed E-state index contributed by atoms with van der Waals surface area (Å²) in [5, 5.41) is 0.381. The van der Waals surface area contributed by atoms with E-state index in [1.54, 1.807) is 43.3 Å².